The third kappa shape index (κ3) is 5.91. The van der Waals surface area contributed by atoms with Gasteiger partial charge in [0.25, 0.3) is 6.43 Å². The molecule has 0 saturated carbocycles. The van der Waals surface area contributed by atoms with Gasteiger partial charge in [-0.25, -0.2) is 8.78 Å². The number of ether oxygens (including phenoxy) is 1. The summed E-state index contributed by atoms with van der Waals surface area (Å²) in [5, 5.41) is 0. The molecule has 210 valence electrons. The van der Waals surface area contributed by atoms with E-state index in [1.807, 2.05) is 11.8 Å². The molecule has 0 spiro atoms. The number of alkyl halides is 2. The molecular weight excluding hydrogens is 502 g/mol. The summed E-state index contributed by atoms with van der Waals surface area (Å²) < 4.78 is 32.9. The van der Waals surface area contributed by atoms with Crippen LogP contribution in [0.15, 0.2) is 30.9 Å². The van der Waals surface area contributed by atoms with Gasteiger partial charge in [0.2, 0.25) is 5.91 Å². The van der Waals surface area contributed by atoms with Crippen molar-refractivity contribution in [1.82, 2.24) is 24.7 Å². The fraction of sp³-hybridized carbons (Fsp3) is 0.552. The average molecular weight is 541 g/mol. The van der Waals surface area contributed by atoms with Gasteiger partial charge in [0.1, 0.15) is 12.4 Å². The van der Waals surface area contributed by atoms with E-state index < -0.39 is 6.43 Å². The van der Waals surface area contributed by atoms with Crippen molar-refractivity contribution in [3.63, 3.8) is 0 Å². The molecule has 10 heteroatoms. The van der Waals surface area contributed by atoms with Crippen LogP contribution in [0.3, 0.4) is 0 Å². The van der Waals surface area contributed by atoms with E-state index in [0.29, 0.717) is 57.9 Å². The monoisotopic (exact) mass is 540 g/mol. The van der Waals surface area contributed by atoms with Crippen LogP contribution < -0.4 is 9.64 Å². The molecule has 1 aromatic carbocycles. The van der Waals surface area contributed by atoms with E-state index >= 15 is 0 Å². The summed E-state index contributed by atoms with van der Waals surface area (Å²) in [6, 6.07) is 5.64. The number of aromatic nitrogens is 2. The minimum Gasteiger partial charge on any atom is -0.462 e. The number of hydrogen-bond acceptors (Lipinski definition) is 7. The second-order valence-electron chi connectivity index (χ2n) is 11.0. The van der Waals surface area contributed by atoms with Gasteiger partial charge < -0.3 is 19.4 Å². The third-order valence-electron chi connectivity index (χ3n) is 8.29. The highest BCUT2D eigenvalue weighted by Crippen LogP contribution is 2.34. The number of rotatable bonds is 8. The van der Waals surface area contributed by atoms with Gasteiger partial charge in [-0.1, -0.05) is 18.7 Å². The Hall–Kier alpha value is -3.11. The van der Waals surface area contributed by atoms with E-state index in [4.69, 9.17) is 14.7 Å². The smallest absolute Gasteiger partial charge is 0.318 e. The number of aryl methyl sites for hydroxylation is 1. The number of likely N-dealkylation sites (tertiary alicyclic amines) is 1. The van der Waals surface area contributed by atoms with Crippen LogP contribution in [0, 0.1) is 6.92 Å². The Morgan fingerprint density at radius 1 is 1.23 bits per heavy atom. The predicted octanol–water partition coefficient (Wildman–Crippen LogP) is 3.93. The van der Waals surface area contributed by atoms with Crippen LogP contribution in [0.5, 0.6) is 6.01 Å². The molecule has 2 aromatic rings. The van der Waals surface area contributed by atoms with Crippen LogP contribution in [0.25, 0.3) is 0 Å². The lowest BCUT2D eigenvalue weighted by Gasteiger charge is -2.40. The van der Waals surface area contributed by atoms with Crippen molar-refractivity contribution >= 4 is 11.7 Å². The fourth-order valence-electron chi connectivity index (χ4n) is 5.89. The highest BCUT2D eigenvalue weighted by Gasteiger charge is 2.33. The summed E-state index contributed by atoms with van der Waals surface area (Å²) in [4.78, 5) is 30.6. The molecule has 2 fully saturated rings. The van der Waals surface area contributed by atoms with Crippen molar-refractivity contribution in [2.45, 2.75) is 64.8 Å². The van der Waals surface area contributed by atoms with Crippen molar-refractivity contribution in [2.75, 3.05) is 44.7 Å². The molecule has 0 aliphatic carbocycles. The number of carbonyl (C=O) groups excluding carboxylic acids is 1. The number of nitrogens with zero attached hydrogens (tertiary/aromatic N) is 6. The van der Waals surface area contributed by atoms with Gasteiger partial charge in [0, 0.05) is 62.5 Å². The van der Waals surface area contributed by atoms with Crippen LogP contribution in [0.4, 0.5) is 14.6 Å². The number of piperazine rings is 1. The van der Waals surface area contributed by atoms with Crippen molar-refractivity contribution in [1.29, 1.82) is 0 Å². The van der Waals surface area contributed by atoms with Gasteiger partial charge in [-0.2, -0.15) is 9.97 Å². The van der Waals surface area contributed by atoms with Gasteiger partial charge in [-0.15, -0.1) is 0 Å². The van der Waals surface area contributed by atoms with E-state index in [1.165, 1.54) is 12.1 Å². The highest BCUT2D eigenvalue weighted by molar-refractivity contribution is 5.87. The summed E-state index contributed by atoms with van der Waals surface area (Å²) in [5.41, 5.74) is 3.87. The Bertz CT molecular complexity index is 1220. The number of halogens is 2. The number of fused-ring (bicyclic) bond motifs is 1. The average Bonchev–Trinajstić information content (AvgIpc) is 3.52. The van der Waals surface area contributed by atoms with Crippen LogP contribution in [0.1, 0.15) is 54.1 Å². The molecule has 2 atom stereocenters. The zero-order chi connectivity index (χ0) is 27.7. The molecule has 0 radical (unpaired) electrons. The topological polar surface area (TPSA) is 65.0 Å². The summed E-state index contributed by atoms with van der Waals surface area (Å²) in [5.74, 6) is 0.778. The molecule has 0 bridgehead atoms. The number of carbonyl (C=O) groups is 1. The molecule has 0 unspecified atom stereocenters. The van der Waals surface area contributed by atoms with E-state index in [2.05, 4.69) is 35.3 Å². The zero-order valence-corrected chi connectivity index (χ0v) is 23.1. The van der Waals surface area contributed by atoms with Gasteiger partial charge in [0.15, 0.2) is 0 Å². The standard InChI is InChI=1S/C29H38F2N6O2/c1-5-26(38)36-11-12-37(20(3)14-36)28-24-16-35(15-22-13-21(27(30)31)9-8-19(22)2)17-25(24)32-29(33-28)39-18-23-7-6-10-34(23)4/h5,8-9,13,20,23,27H,1,6-7,10-12,14-18H2,2-4H3/t20-,23-/m0/s1. The molecule has 39 heavy (non-hydrogen) atoms. The van der Waals surface area contributed by atoms with Crippen LogP contribution in [-0.2, 0) is 24.4 Å². The third-order valence-corrected chi connectivity index (χ3v) is 8.29. The first-order valence-corrected chi connectivity index (χ1v) is 13.7. The highest BCUT2D eigenvalue weighted by atomic mass is 19.3. The lowest BCUT2D eigenvalue weighted by atomic mass is 10.0. The second kappa shape index (κ2) is 11.6. The maximum Gasteiger partial charge on any atom is 0.318 e. The van der Waals surface area contributed by atoms with Crippen molar-refractivity contribution in [3.8, 4) is 6.01 Å². The Kier molecular flexibility index (Phi) is 8.13. The molecular formula is C29H38F2N6O2. The van der Waals surface area contributed by atoms with Crippen molar-refractivity contribution in [2.24, 2.45) is 0 Å². The Morgan fingerprint density at radius 3 is 2.74 bits per heavy atom. The molecule has 4 heterocycles. The van der Waals surface area contributed by atoms with E-state index in [0.717, 1.165) is 47.6 Å². The molecule has 2 saturated heterocycles. The maximum atomic E-state index is 13.4. The molecule has 8 nitrogen and oxygen atoms in total. The number of likely N-dealkylation sites (N-methyl/N-ethyl adjacent to an activating group) is 1. The van der Waals surface area contributed by atoms with Gasteiger partial charge in [0.05, 0.1) is 5.69 Å². The Morgan fingerprint density at radius 2 is 2.05 bits per heavy atom. The quantitative estimate of drug-likeness (QED) is 0.470. The minimum absolute atomic E-state index is 0.0427. The normalized spacial score (nSPS) is 22.0. The summed E-state index contributed by atoms with van der Waals surface area (Å²) in [6.45, 7) is 12.8. The first kappa shape index (κ1) is 27.5. The molecule has 0 N–H and O–H groups in total. The first-order valence-electron chi connectivity index (χ1n) is 13.7. The lowest BCUT2D eigenvalue weighted by molar-refractivity contribution is -0.126. The number of hydrogen-bond donors (Lipinski definition) is 0. The fourth-order valence-corrected chi connectivity index (χ4v) is 5.89. The molecule has 3 aliphatic heterocycles. The molecule has 5 rings (SSSR count). The van der Waals surface area contributed by atoms with Crippen LogP contribution in [0.2, 0.25) is 0 Å². The summed E-state index contributed by atoms with van der Waals surface area (Å²) in [7, 11) is 2.12. The van der Waals surface area contributed by atoms with E-state index in [-0.39, 0.29) is 17.5 Å². The number of amides is 1. The van der Waals surface area contributed by atoms with E-state index in [9.17, 15) is 13.6 Å². The van der Waals surface area contributed by atoms with Crippen molar-refractivity contribution in [3.05, 3.63) is 58.8 Å². The lowest BCUT2D eigenvalue weighted by Crippen LogP contribution is -2.54. The molecule has 3 aliphatic rings. The van der Waals surface area contributed by atoms with Gasteiger partial charge in [-0.3, -0.25) is 9.69 Å². The van der Waals surface area contributed by atoms with Gasteiger partial charge in [-0.05, 0) is 63.6 Å². The predicted molar refractivity (Wildman–Crippen MR) is 146 cm³/mol. The largest absolute Gasteiger partial charge is 0.462 e. The van der Waals surface area contributed by atoms with Crippen molar-refractivity contribution < 1.29 is 18.3 Å². The van der Waals surface area contributed by atoms with E-state index in [1.54, 1.807) is 12.1 Å². The minimum atomic E-state index is -2.50. The van der Waals surface area contributed by atoms with Crippen LogP contribution >= 0.6 is 0 Å². The molecule has 1 aromatic heterocycles. The zero-order valence-electron chi connectivity index (χ0n) is 23.1. The Balaban J connectivity index is 1.40. The maximum absolute atomic E-state index is 13.4. The second-order valence-corrected chi connectivity index (χ2v) is 11.0. The number of benzene rings is 1. The van der Waals surface area contributed by atoms with Gasteiger partial charge >= 0.3 is 6.01 Å². The first-order chi connectivity index (χ1) is 18.7. The SMILES string of the molecule is C=CC(=O)N1CCN(c2nc(OC[C@@H]3CCCN3C)nc3c2CN(Cc2cc(C(F)F)ccc2C)C3)[C@@H](C)C1. The summed E-state index contributed by atoms with van der Waals surface area (Å²) in [6.07, 6.45) is 1.12. The summed E-state index contributed by atoms with van der Waals surface area (Å²) >= 11 is 0. The number of anilines is 1. The van der Waals surface area contributed by atoms with Crippen LogP contribution in [-0.4, -0.2) is 82.5 Å². The Labute approximate surface area is 229 Å². The molecule has 1 amide bonds.